The lowest BCUT2D eigenvalue weighted by Gasteiger charge is -2.18. The highest BCUT2D eigenvalue weighted by molar-refractivity contribution is 5.94. The lowest BCUT2D eigenvalue weighted by Crippen LogP contribution is -2.24. The van der Waals surface area contributed by atoms with Crippen LogP contribution in [0.2, 0.25) is 0 Å². The minimum absolute atomic E-state index is 0.00913. The number of esters is 1. The maximum absolute atomic E-state index is 12.4. The van der Waals surface area contributed by atoms with Crippen LogP contribution < -0.4 is 10.4 Å². The van der Waals surface area contributed by atoms with Crippen molar-refractivity contribution < 1.29 is 14.6 Å². The van der Waals surface area contributed by atoms with Crippen LogP contribution in [0.1, 0.15) is 89.5 Å². The molecule has 0 aromatic heterocycles. The summed E-state index contributed by atoms with van der Waals surface area (Å²) in [5.41, 5.74) is 0.472. The molecule has 0 fully saturated rings. The van der Waals surface area contributed by atoms with Gasteiger partial charge in [-0.3, -0.25) is 0 Å². The Morgan fingerprint density at radius 2 is 1.36 bits per heavy atom. The predicted molar refractivity (Wildman–Crippen MR) is 114 cm³/mol. The fraction of sp³-hybridized carbons (Fsp3) is 0.625. The Balaban J connectivity index is 2.10. The number of unbranched alkanes of at least 4 members (excludes halogenated alkanes) is 11. The monoisotopic (exact) mass is 388 g/mol. The molecule has 0 aliphatic carbocycles. The van der Waals surface area contributed by atoms with Crippen molar-refractivity contribution in [1.29, 1.82) is 0 Å². The molecular formula is C24H38NO3-. The van der Waals surface area contributed by atoms with Crippen molar-refractivity contribution in [1.82, 2.24) is 5.32 Å². The molecular weight excluding hydrogens is 350 g/mol. The number of rotatable bonds is 16. The van der Waals surface area contributed by atoms with Crippen LogP contribution in [0.5, 0.6) is 0 Å². The summed E-state index contributed by atoms with van der Waals surface area (Å²) in [6, 6.07) is 8.77. The Hall–Kier alpha value is -1.97. The van der Waals surface area contributed by atoms with Crippen molar-refractivity contribution in [2.24, 2.45) is 0 Å². The van der Waals surface area contributed by atoms with Crippen molar-refractivity contribution in [2.45, 2.75) is 84.0 Å². The summed E-state index contributed by atoms with van der Waals surface area (Å²) in [4.78, 5) is 12.1. The number of nitrogens with one attached hydrogen (secondary N) is 1. The fourth-order valence-corrected chi connectivity index (χ4v) is 3.22. The molecule has 0 aliphatic rings. The molecule has 0 saturated heterocycles. The van der Waals surface area contributed by atoms with Crippen LogP contribution in [0.25, 0.3) is 5.76 Å². The van der Waals surface area contributed by atoms with E-state index >= 15 is 0 Å². The molecule has 0 amide bonds. The van der Waals surface area contributed by atoms with E-state index in [1.54, 1.807) is 31.3 Å². The summed E-state index contributed by atoms with van der Waals surface area (Å²) >= 11 is 0. The number of carbonyl (C=O) groups excluding carboxylic acids is 1. The van der Waals surface area contributed by atoms with Crippen molar-refractivity contribution in [3.63, 3.8) is 0 Å². The molecule has 4 heteroatoms. The summed E-state index contributed by atoms with van der Waals surface area (Å²) in [6.07, 6.45) is 15.2. The van der Waals surface area contributed by atoms with Gasteiger partial charge in [-0.15, -0.1) is 0 Å². The number of carbonyl (C=O) groups is 1. The van der Waals surface area contributed by atoms with Crippen LogP contribution in [0.15, 0.2) is 36.0 Å². The summed E-state index contributed by atoms with van der Waals surface area (Å²) in [6.45, 7) is 2.62. The number of likely N-dealkylation sites (N-methyl/N-ethyl adjacent to an activating group) is 1. The van der Waals surface area contributed by atoms with Gasteiger partial charge in [-0.2, -0.15) is 0 Å². The first kappa shape index (κ1) is 24.1. The Labute approximate surface area is 171 Å². The van der Waals surface area contributed by atoms with E-state index in [1.807, 2.05) is 6.07 Å². The molecule has 0 bridgehead atoms. The zero-order chi connectivity index (χ0) is 20.5. The Morgan fingerprint density at radius 3 is 1.86 bits per heavy atom. The van der Waals surface area contributed by atoms with Crippen LogP contribution in [-0.4, -0.2) is 19.6 Å². The smallest absolute Gasteiger partial charge is 0.353 e. The zero-order valence-electron chi connectivity index (χ0n) is 17.8. The maximum atomic E-state index is 12.4. The first-order chi connectivity index (χ1) is 13.7. The fourth-order valence-electron chi connectivity index (χ4n) is 3.22. The minimum atomic E-state index is -0.570. The Kier molecular flexibility index (Phi) is 13.8. The van der Waals surface area contributed by atoms with E-state index < -0.39 is 5.97 Å². The van der Waals surface area contributed by atoms with E-state index in [9.17, 15) is 9.90 Å². The molecule has 28 heavy (non-hydrogen) atoms. The number of hydrogen-bond donors (Lipinski definition) is 1. The Morgan fingerprint density at radius 1 is 0.857 bits per heavy atom. The molecule has 0 heterocycles. The van der Waals surface area contributed by atoms with Crippen LogP contribution in [0, 0.1) is 0 Å². The molecule has 0 atom stereocenters. The van der Waals surface area contributed by atoms with Gasteiger partial charge in [-0.1, -0.05) is 114 Å². The van der Waals surface area contributed by atoms with Crippen molar-refractivity contribution in [3.8, 4) is 0 Å². The third kappa shape index (κ3) is 10.4. The van der Waals surface area contributed by atoms with Crippen LogP contribution in [-0.2, 0) is 9.53 Å². The van der Waals surface area contributed by atoms with Gasteiger partial charge in [0, 0.05) is 7.05 Å². The molecule has 0 radical (unpaired) electrons. The lowest BCUT2D eigenvalue weighted by atomic mass is 10.1. The molecule has 0 saturated carbocycles. The van der Waals surface area contributed by atoms with E-state index in [0.29, 0.717) is 12.2 Å². The first-order valence-corrected chi connectivity index (χ1v) is 11.0. The third-order valence-corrected chi connectivity index (χ3v) is 4.95. The average molecular weight is 389 g/mol. The standard InChI is InChI=1S/C24H39NO3/c1-3-4-5-6-7-8-9-10-11-12-13-17-20-28-24(27)22(25-2)23(26)21-18-15-14-16-19-21/h14-16,18-19,25-26H,3-13,17,20H2,1-2H3/p-1/b23-22+. The van der Waals surface area contributed by atoms with Gasteiger partial charge in [0.2, 0.25) is 0 Å². The van der Waals surface area contributed by atoms with Gasteiger partial charge in [0.05, 0.1) is 6.61 Å². The molecule has 0 spiro atoms. The molecule has 1 aromatic carbocycles. The van der Waals surface area contributed by atoms with Crippen LogP contribution in [0.4, 0.5) is 0 Å². The number of ether oxygens (including phenoxy) is 1. The average Bonchev–Trinajstić information content (AvgIpc) is 2.72. The van der Waals surface area contributed by atoms with Crippen LogP contribution >= 0.6 is 0 Å². The van der Waals surface area contributed by atoms with Crippen molar-refractivity contribution >= 4 is 11.7 Å². The molecule has 0 aliphatic heterocycles. The minimum Gasteiger partial charge on any atom is -0.870 e. The Bertz CT molecular complexity index is 554. The lowest BCUT2D eigenvalue weighted by molar-refractivity contribution is -0.245. The quantitative estimate of drug-likeness (QED) is 0.183. The molecule has 1 aromatic rings. The molecule has 158 valence electrons. The van der Waals surface area contributed by atoms with Gasteiger partial charge >= 0.3 is 5.97 Å². The van der Waals surface area contributed by atoms with E-state index in [1.165, 1.54) is 64.2 Å². The first-order valence-electron chi connectivity index (χ1n) is 11.0. The predicted octanol–water partition coefficient (Wildman–Crippen LogP) is 5.18. The second-order valence-corrected chi connectivity index (χ2v) is 7.35. The summed E-state index contributed by atoms with van der Waals surface area (Å²) in [5.74, 6) is -0.901. The second kappa shape index (κ2) is 16.0. The van der Waals surface area contributed by atoms with E-state index in [2.05, 4.69) is 12.2 Å². The topological polar surface area (TPSA) is 61.4 Å². The zero-order valence-corrected chi connectivity index (χ0v) is 17.8. The highest BCUT2D eigenvalue weighted by Gasteiger charge is 2.11. The van der Waals surface area contributed by atoms with Crippen LogP contribution in [0.3, 0.4) is 0 Å². The third-order valence-electron chi connectivity index (χ3n) is 4.95. The van der Waals surface area contributed by atoms with E-state index in [-0.39, 0.29) is 11.5 Å². The van der Waals surface area contributed by atoms with Gasteiger partial charge in [0.15, 0.2) is 0 Å². The van der Waals surface area contributed by atoms with Gasteiger partial charge in [0.25, 0.3) is 0 Å². The molecule has 1 N–H and O–H groups in total. The molecule has 0 unspecified atom stereocenters. The van der Waals surface area contributed by atoms with E-state index in [4.69, 9.17) is 4.74 Å². The maximum Gasteiger partial charge on any atom is 0.353 e. The molecule has 4 nitrogen and oxygen atoms in total. The number of benzene rings is 1. The molecule has 1 rings (SSSR count). The number of hydrogen-bond acceptors (Lipinski definition) is 4. The largest absolute Gasteiger partial charge is 0.870 e. The normalized spacial score (nSPS) is 11.8. The van der Waals surface area contributed by atoms with Gasteiger partial charge in [-0.25, -0.2) is 4.79 Å². The van der Waals surface area contributed by atoms with Gasteiger partial charge in [0.1, 0.15) is 5.70 Å². The van der Waals surface area contributed by atoms with Gasteiger partial charge in [-0.05, 0) is 12.0 Å². The SMILES string of the molecule is CCCCCCCCCCCCCCOC(=O)/C(NC)=C(\[O-])c1ccccc1. The summed E-state index contributed by atoms with van der Waals surface area (Å²) in [7, 11) is 1.57. The highest BCUT2D eigenvalue weighted by atomic mass is 16.5. The van der Waals surface area contributed by atoms with E-state index in [0.717, 1.165) is 12.8 Å². The summed E-state index contributed by atoms with van der Waals surface area (Å²) in [5, 5.41) is 15.0. The van der Waals surface area contributed by atoms with Crippen molar-refractivity contribution in [3.05, 3.63) is 41.6 Å². The summed E-state index contributed by atoms with van der Waals surface area (Å²) < 4.78 is 5.27. The highest BCUT2D eigenvalue weighted by Crippen LogP contribution is 2.14. The second-order valence-electron chi connectivity index (χ2n) is 7.35. The van der Waals surface area contributed by atoms with Crippen molar-refractivity contribution in [2.75, 3.05) is 13.7 Å². The van der Waals surface area contributed by atoms with Gasteiger partial charge < -0.3 is 15.2 Å².